The van der Waals surface area contributed by atoms with Gasteiger partial charge in [0, 0.05) is 28.8 Å². The molecule has 18 heteroatoms. The number of fused-ring (bicyclic) bond motifs is 1. The van der Waals surface area contributed by atoms with Crippen molar-refractivity contribution in [2.24, 2.45) is 5.16 Å². The topological polar surface area (TPSA) is 229 Å². The van der Waals surface area contributed by atoms with Gasteiger partial charge in [0.15, 0.2) is 29.8 Å². The van der Waals surface area contributed by atoms with E-state index in [1.807, 2.05) is 35.2 Å². The van der Waals surface area contributed by atoms with Crippen molar-refractivity contribution >= 4 is 62.1 Å². The standard InChI is InChI=1S/C21H20N6O5S2.H2O4S/c22-21-23-13(10-34-21)14(25-32-12-4-5-12)17(28)24-15-18(29)27-16(20(30)31)11(9-33-19(15)27)8-26-6-2-1-3-7-26;1-5(2,3)4/h1-3,6-7,10,12,15,19H,4-5,8-9H2,(H3-,22,23,24,28,30,31);(H2,1,2,3,4)/t15-,19+;/m1./s1. The number of thioether (sulfide) groups is 1. The van der Waals surface area contributed by atoms with Crippen molar-refractivity contribution < 1.29 is 46.4 Å². The Morgan fingerprint density at radius 2 is 1.97 bits per heavy atom. The molecule has 39 heavy (non-hydrogen) atoms. The monoisotopic (exact) mass is 598 g/mol. The van der Waals surface area contributed by atoms with E-state index in [2.05, 4.69) is 15.5 Å². The first-order chi connectivity index (χ1) is 18.4. The minimum absolute atomic E-state index is 0.0299. The predicted octanol–water partition coefficient (Wildman–Crippen LogP) is -0.661. The number of pyridine rings is 1. The largest absolute Gasteiger partial charge is 0.726 e. The van der Waals surface area contributed by atoms with E-state index in [9.17, 15) is 19.5 Å². The fraction of sp³-hybridized carbons (Fsp3) is 0.333. The number of aromatic nitrogens is 2. The maximum absolute atomic E-state index is 13.0. The van der Waals surface area contributed by atoms with Crippen LogP contribution in [0.25, 0.3) is 0 Å². The molecule has 2 amide bonds. The molecule has 0 bridgehead atoms. The van der Waals surface area contributed by atoms with Crippen LogP contribution in [0.3, 0.4) is 0 Å². The molecular formula is C21H22N6O9S3. The molecule has 1 saturated heterocycles. The van der Waals surface area contributed by atoms with E-state index >= 15 is 0 Å². The van der Waals surface area contributed by atoms with Crippen LogP contribution < -0.4 is 15.6 Å². The van der Waals surface area contributed by atoms with Gasteiger partial charge in [0.25, 0.3) is 11.8 Å². The second kappa shape index (κ2) is 11.7. The number of anilines is 1. The number of hydrogen-bond donors (Lipinski definition) is 4. The van der Waals surface area contributed by atoms with Gasteiger partial charge in [-0.05, 0) is 12.8 Å². The van der Waals surface area contributed by atoms with Gasteiger partial charge in [-0.3, -0.25) is 19.0 Å². The van der Waals surface area contributed by atoms with Crippen molar-refractivity contribution in [3.05, 3.63) is 52.9 Å². The van der Waals surface area contributed by atoms with Crippen LogP contribution in [-0.2, 0) is 36.2 Å². The average Bonchev–Trinajstić information content (AvgIpc) is 3.60. The Morgan fingerprint density at radius 1 is 1.31 bits per heavy atom. The first kappa shape index (κ1) is 28.4. The number of carbonyl (C=O) groups excluding carboxylic acids is 2. The summed E-state index contributed by atoms with van der Waals surface area (Å²) in [6.45, 7) is 0.351. The molecule has 15 nitrogen and oxygen atoms in total. The molecule has 5 N–H and O–H groups in total. The number of carboxylic acid groups (broad SMARTS) is 1. The van der Waals surface area contributed by atoms with Gasteiger partial charge in [-0.25, -0.2) is 22.8 Å². The maximum atomic E-state index is 13.0. The third-order valence-corrected chi connectivity index (χ3v) is 7.50. The van der Waals surface area contributed by atoms with Crippen LogP contribution in [-0.4, -0.2) is 79.3 Å². The Balaban J connectivity index is 0.000000648. The molecule has 0 spiro atoms. The molecule has 3 aliphatic rings. The average molecular weight is 599 g/mol. The second-order valence-electron chi connectivity index (χ2n) is 8.41. The van der Waals surface area contributed by atoms with E-state index in [1.54, 1.807) is 5.38 Å². The van der Waals surface area contributed by atoms with Crippen molar-refractivity contribution in [3.63, 3.8) is 0 Å². The summed E-state index contributed by atoms with van der Waals surface area (Å²) in [5, 5.41) is 17.8. The number of rotatable bonds is 8. The molecule has 4 heterocycles. The molecule has 2 aromatic rings. The highest BCUT2D eigenvalue weighted by Gasteiger charge is 2.54. The Labute approximate surface area is 229 Å². The van der Waals surface area contributed by atoms with Crippen molar-refractivity contribution in [3.8, 4) is 0 Å². The summed E-state index contributed by atoms with van der Waals surface area (Å²) in [6.07, 6.45) is 5.36. The van der Waals surface area contributed by atoms with E-state index in [4.69, 9.17) is 28.1 Å². The number of nitrogen functional groups attached to an aromatic ring is 1. The Hall–Kier alpha value is -3.58. The van der Waals surface area contributed by atoms with Gasteiger partial charge < -0.3 is 25.5 Å². The van der Waals surface area contributed by atoms with Crippen LogP contribution in [0.4, 0.5) is 5.13 Å². The normalized spacial score (nSPS) is 20.8. The Bertz CT molecular complexity index is 1430. The SMILES string of the molecule is Nc1nc(C(=NOC2CC2)C(=O)N[C@@H]2C(=O)N3C(C(=O)O)=C(C[n+]4ccccc4)CS[C@@H]23)cs1.O=S(=O)([O-])O. The first-order valence-electron chi connectivity index (χ1n) is 11.2. The zero-order valence-electron chi connectivity index (χ0n) is 19.9. The zero-order chi connectivity index (χ0) is 28.3. The smallest absolute Gasteiger partial charge is 0.352 e. The number of carboxylic acids is 1. The summed E-state index contributed by atoms with van der Waals surface area (Å²) in [4.78, 5) is 48.8. The molecular weight excluding hydrogens is 576 g/mol. The predicted molar refractivity (Wildman–Crippen MR) is 136 cm³/mol. The number of amides is 2. The van der Waals surface area contributed by atoms with Crippen LogP contribution in [0.2, 0.25) is 0 Å². The number of nitrogens with zero attached hydrogens (tertiary/aromatic N) is 4. The summed E-state index contributed by atoms with van der Waals surface area (Å²) >= 11 is 2.57. The molecule has 5 rings (SSSR count). The molecule has 0 aromatic carbocycles. The highest BCUT2D eigenvalue weighted by Crippen LogP contribution is 2.40. The first-order valence-corrected chi connectivity index (χ1v) is 14.5. The van der Waals surface area contributed by atoms with Crippen LogP contribution >= 0.6 is 23.1 Å². The number of hydrogen-bond acceptors (Lipinski definition) is 12. The zero-order valence-corrected chi connectivity index (χ0v) is 22.3. The Kier molecular flexibility index (Phi) is 8.50. The Morgan fingerprint density at radius 3 is 2.54 bits per heavy atom. The van der Waals surface area contributed by atoms with Crippen LogP contribution in [0, 0.1) is 0 Å². The second-order valence-corrected chi connectivity index (χ2v) is 11.3. The van der Waals surface area contributed by atoms with Crippen LogP contribution in [0.15, 0.2) is 52.4 Å². The number of β-lactam (4-membered cyclic amide) rings is 1. The lowest BCUT2D eigenvalue weighted by atomic mass is 10.0. The van der Waals surface area contributed by atoms with Crippen molar-refractivity contribution in [2.45, 2.75) is 36.9 Å². The summed E-state index contributed by atoms with van der Waals surface area (Å²) in [5.74, 6) is -1.87. The fourth-order valence-electron chi connectivity index (χ4n) is 3.68. The molecule has 2 aliphatic heterocycles. The van der Waals surface area contributed by atoms with Crippen molar-refractivity contribution in [1.29, 1.82) is 0 Å². The molecule has 1 aliphatic carbocycles. The summed E-state index contributed by atoms with van der Waals surface area (Å²) in [6, 6.07) is 4.68. The van der Waals surface area contributed by atoms with Gasteiger partial charge in [-0.15, -0.1) is 23.1 Å². The van der Waals surface area contributed by atoms with E-state index in [1.165, 1.54) is 16.7 Å². The highest BCUT2D eigenvalue weighted by molar-refractivity contribution is 8.00. The number of thiazole rings is 1. The van der Waals surface area contributed by atoms with Crippen molar-refractivity contribution in [2.75, 3.05) is 11.5 Å². The number of nitrogens with two attached hydrogens (primary N) is 1. The molecule has 2 atom stereocenters. The maximum Gasteiger partial charge on any atom is 0.352 e. The quantitative estimate of drug-likeness (QED) is 0.0741. The summed E-state index contributed by atoms with van der Waals surface area (Å²) < 4.78 is 34.7. The molecule has 1 saturated carbocycles. The number of carbonyl (C=O) groups is 3. The third kappa shape index (κ3) is 7.30. The fourth-order valence-corrected chi connectivity index (χ4v) is 5.56. The van der Waals surface area contributed by atoms with Crippen LogP contribution in [0.1, 0.15) is 18.5 Å². The molecule has 2 fully saturated rings. The van der Waals surface area contributed by atoms with E-state index in [0.29, 0.717) is 17.9 Å². The van der Waals surface area contributed by atoms with Crippen molar-refractivity contribution in [1.82, 2.24) is 15.2 Å². The minimum Gasteiger partial charge on any atom is -0.726 e. The van der Waals surface area contributed by atoms with Gasteiger partial charge in [0.2, 0.25) is 10.4 Å². The molecule has 2 aromatic heterocycles. The van der Waals surface area contributed by atoms with E-state index in [-0.39, 0.29) is 28.3 Å². The van der Waals surface area contributed by atoms with Crippen LogP contribution in [0.5, 0.6) is 0 Å². The highest BCUT2D eigenvalue weighted by atomic mass is 32.3. The van der Waals surface area contributed by atoms with Gasteiger partial charge in [-0.1, -0.05) is 11.2 Å². The van der Waals surface area contributed by atoms with E-state index < -0.39 is 39.6 Å². The third-order valence-electron chi connectivity index (χ3n) is 5.48. The summed E-state index contributed by atoms with van der Waals surface area (Å²) in [7, 11) is -4.92. The van der Waals surface area contributed by atoms with Gasteiger partial charge in [0.05, 0.1) is 0 Å². The van der Waals surface area contributed by atoms with Gasteiger partial charge >= 0.3 is 5.97 Å². The minimum atomic E-state index is -4.92. The van der Waals surface area contributed by atoms with E-state index in [0.717, 1.165) is 24.2 Å². The lowest BCUT2D eigenvalue weighted by Crippen LogP contribution is -2.71. The summed E-state index contributed by atoms with van der Waals surface area (Å²) in [5.41, 5.74) is 6.48. The van der Waals surface area contributed by atoms with Gasteiger partial charge in [0.1, 0.15) is 28.9 Å². The number of oxime groups is 1. The molecule has 0 radical (unpaired) electrons. The lowest BCUT2D eigenvalue weighted by Gasteiger charge is -2.49. The number of nitrogens with one attached hydrogen (secondary N) is 1. The molecule has 208 valence electrons. The van der Waals surface area contributed by atoms with Gasteiger partial charge in [-0.2, -0.15) is 0 Å². The number of aliphatic carboxylic acids is 1. The lowest BCUT2D eigenvalue weighted by molar-refractivity contribution is -0.689. The molecule has 0 unspecified atom stereocenters.